The van der Waals surface area contributed by atoms with Gasteiger partial charge in [-0.15, -0.1) is 18.2 Å². The van der Waals surface area contributed by atoms with E-state index in [0.29, 0.717) is 0 Å². The summed E-state index contributed by atoms with van der Waals surface area (Å²) in [6.45, 7) is -0.554. The number of hydrogen-bond donors (Lipinski definition) is 3. The molecule has 0 fully saturated rings. The van der Waals surface area contributed by atoms with Gasteiger partial charge in [-0.2, -0.15) is 6.07 Å². The number of hydrogen-bond acceptors (Lipinski definition) is 5. The first-order chi connectivity index (χ1) is 7.43. The van der Waals surface area contributed by atoms with Gasteiger partial charge >= 0.3 is 18.9 Å². The predicted molar refractivity (Wildman–Crippen MR) is 53.7 cm³/mol. The molecule has 17 heavy (non-hydrogen) atoms. The molecule has 1 aromatic carbocycles. The Hall–Kier alpha value is -0.553. The molecule has 0 saturated carbocycles. The van der Waals surface area contributed by atoms with Gasteiger partial charge in [0, 0.05) is 5.75 Å². The smallest absolute Gasteiger partial charge is 0.517 e. The third-order valence-corrected chi connectivity index (χ3v) is 2.55. The van der Waals surface area contributed by atoms with Crippen LogP contribution < -0.4 is 23.6 Å². The minimum atomic E-state index is -4.23. The quantitative estimate of drug-likeness (QED) is 0.286. The van der Waals surface area contributed by atoms with Gasteiger partial charge in [0.2, 0.25) is 10.1 Å². The van der Waals surface area contributed by atoms with E-state index >= 15 is 0 Å². The van der Waals surface area contributed by atoms with Gasteiger partial charge in [-0.25, -0.2) is 8.42 Å². The van der Waals surface area contributed by atoms with Crippen molar-refractivity contribution in [3.63, 3.8) is 0 Å². The Labute approximate surface area is 111 Å². The summed E-state index contributed by atoms with van der Waals surface area (Å²) in [7, 11) is -4.23. The minimum absolute atomic E-state index is 0. The summed E-state index contributed by atoms with van der Waals surface area (Å²) in [6.07, 6.45) is -1.00. The van der Waals surface area contributed by atoms with Crippen LogP contribution in [0.4, 0.5) is 0 Å². The van der Waals surface area contributed by atoms with Gasteiger partial charge in [0.25, 0.3) is 0 Å². The van der Waals surface area contributed by atoms with E-state index in [2.05, 4.69) is 6.07 Å². The minimum Gasteiger partial charge on any atom is -0.517 e. The zero-order valence-electron chi connectivity index (χ0n) is 9.20. The van der Waals surface area contributed by atoms with E-state index in [1.54, 1.807) is 0 Å². The molecule has 0 spiro atoms. The van der Waals surface area contributed by atoms with E-state index in [1.807, 2.05) is 0 Å². The molecule has 0 aliphatic heterocycles. The monoisotopic (exact) mass is 254 g/mol. The summed E-state index contributed by atoms with van der Waals surface area (Å²) in [6, 6.07) is 5.95. The van der Waals surface area contributed by atoms with E-state index < -0.39 is 22.8 Å². The molecular weight excluding hydrogens is 243 g/mol. The van der Waals surface area contributed by atoms with Crippen LogP contribution in [-0.2, 0) is 10.1 Å². The Morgan fingerprint density at radius 3 is 2.47 bits per heavy atom. The fraction of sp³-hybridized carbons (Fsp3) is 0.333. The summed E-state index contributed by atoms with van der Waals surface area (Å²) in [5.74, 6) is 0.208. The summed E-state index contributed by atoms with van der Waals surface area (Å²) in [5.41, 5.74) is 0. The van der Waals surface area contributed by atoms with Crippen molar-refractivity contribution in [2.75, 3.05) is 13.2 Å². The molecule has 0 saturated heterocycles. The molecule has 3 N–H and O–H groups in total. The van der Waals surface area contributed by atoms with Gasteiger partial charge in [-0.05, 0) is 4.90 Å². The molecule has 0 heterocycles. The van der Waals surface area contributed by atoms with Crippen molar-refractivity contribution in [2.24, 2.45) is 0 Å². The molecule has 0 amide bonds. The molecule has 1 atom stereocenters. The van der Waals surface area contributed by atoms with Gasteiger partial charge < -0.3 is 14.9 Å². The van der Waals surface area contributed by atoms with Crippen molar-refractivity contribution in [2.45, 2.75) is 11.0 Å². The summed E-state index contributed by atoms with van der Waals surface area (Å²) in [4.78, 5) is -0.289. The Morgan fingerprint density at radius 1 is 1.41 bits per heavy atom. The first-order valence-corrected chi connectivity index (χ1v) is 5.78. The SMILES string of the molecule is O=S(=O)(O)c1c[c-]c(OCC(O)CO)cc1.[Li+]. The van der Waals surface area contributed by atoms with Crippen molar-refractivity contribution < 1.29 is 46.8 Å². The molecule has 1 rings (SSSR count). The second-order valence-electron chi connectivity index (χ2n) is 3.01. The fourth-order valence-electron chi connectivity index (χ4n) is 0.885. The molecule has 0 bridgehead atoms. The van der Waals surface area contributed by atoms with E-state index in [1.165, 1.54) is 6.07 Å². The van der Waals surface area contributed by atoms with Crippen molar-refractivity contribution in [3.05, 3.63) is 24.3 Å². The van der Waals surface area contributed by atoms with Gasteiger partial charge in [-0.1, -0.05) is 0 Å². The third-order valence-electron chi connectivity index (χ3n) is 1.70. The summed E-state index contributed by atoms with van der Waals surface area (Å²) < 4.78 is 35.0. The van der Waals surface area contributed by atoms with Crippen LogP contribution in [0.5, 0.6) is 5.75 Å². The maximum Gasteiger partial charge on any atom is 1.00 e. The maximum absolute atomic E-state index is 10.7. The average Bonchev–Trinajstić information content (AvgIpc) is 2.25. The Bertz CT molecular complexity index is 429. The van der Waals surface area contributed by atoms with Crippen molar-refractivity contribution in [3.8, 4) is 5.75 Å². The summed E-state index contributed by atoms with van der Waals surface area (Å²) in [5, 5.41) is 17.5. The van der Waals surface area contributed by atoms with E-state index in [0.717, 1.165) is 12.1 Å². The van der Waals surface area contributed by atoms with Crippen LogP contribution >= 0.6 is 0 Å². The summed E-state index contributed by atoms with van der Waals surface area (Å²) >= 11 is 0. The molecule has 1 unspecified atom stereocenters. The Kier molecular flexibility index (Phi) is 6.78. The predicted octanol–water partition coefficient (Wildman–Crippen LogP) is -3.53. The zero-order chi connectivity index (χ0) is 12.2. The van der Waals surface area contributed by atoms with Crippen molar-refractivity contribution in [1.29, 1.82) is 0 Å². The molecule has 0 radical (unpaired) electrons. The van der Waals surface area contributed by atoms with Crippen LogP contribution in [0, 0.1) is 6.07 Å². The Balaban J connectivity index is 0.00000256. The molecule has 0 aliphatic carbocycles. The standard InChI is InChI=1S/C9H11O6S.Li/c10-5-7(11)6-15-8-1-3-9(4-2-8)16(12,13)14;/h1,3-4,7,10-11H,5-6H2,(H,12,13,14);/q-1;+1. The Morgan fingerprint density at radius 2 is 2.06 bits per heavy atom. The second kappa shape index (κ2) is 7.01. The van der Waals surface area contributed by atoms with E-state index in [4.69, 9.17) is 19.5 Å². The molecule has 0 aromatic heterocycles. The molecule has 8 heteroatoms. The van der Waals surface area contributed by atoms with Crippen LogP contribution in [0.15, 0.2) is 23.1 Å². The van der Waals surface area contributed by atoms with Crippen LogP contribution in [0.2, 0.25) is 0 Å². The number of aliphatic hydroxyl groups excluding tert-OH is 2. The maximum atomic E-state index is 10.7. The number of ether oxygens (including phenoxy) is 1. The van der Waals surface area contributed by atoms with E-state index in [-0.39, 0.29) is 36.1 Å². The molecule has 1 aromatic rings. The molecular formula is C9H11LiO6S. The van der Waals surface area contributed by atoms with Crippen LogP contribution in [0.3, 0.4) is 0 Å². The normalized spacial score (nSPS) is 12.6. The van der Waals surface area contributed by atoms with Crippen LogP contribution in [-0.4, -0.2) is 42.5 Å². The number of benzene rings is 1. The third kappa shape index (κ3) is 5.54. The average molecular weight is 254 g/mol. The van der Waals surface area contributed by atoms with Gasteiger partial charge in [-0.3, -0.25) is 4.55 Å². The topological polar surface area (TPSA) is 104 Å². The van der Waals surface area contributed by atoms with Gasteiger partial charge in [0.05, 0.1) is 6.61 Å². The molecule has 90 valence electrons. The number of rotatable bonds is 5. The van der Waals surface area contributed by atoms with Crippen LogP contribution in [0.1, 0.15) is 0 Å². The fourth-order valence-corrected chi connectivity index (χ4v) is 1.33. The largest absolute Gasteiger partial charge is 1.00 e. The van der Waals surface area contributed by atoms with Crippen molar-refractivity contribution >= 4 is 10.1 Å². The first kappa shape index (κ1) is 16.4. The first-order valence-electron chi connectivity index (χ1n) is 4.34. The van der Waals surface area contributed by atoms with Crippen molar-refractivity contribution in [1.82, 2.24) is 0 Å². The van der Waals surface area contributed by atoms with Crippen LogP contribution in [0.25, 0.3) is 0 Å². The molecule has 0 aliphatic rings. The van der Waals surface area contributed by atoms with Gasteiger partial charge in [0.1, 0.15) is 12.7 Å². The second-order valence-corrected chi connectivity index (χ2v) is 4.43. The van der Waals surface area contributed by atoms with E-state index in [9.17, 15) is 8.42 Å². The number of aliphatic hydroxyl groups is 2. The van der Waals surface area contributed by atoms with Gasteiger partial charge in [0.15, 0.2) is 0 Å². The zero-order valence-corrected chi connectivity index (χ0v) is 10.0. The molecule has 6 nitrogen and oxygen atoms in total.